The van der Waals surface area contributed by atoms with Crippen LogP contribution in [0.2, 0.25) is 0 Å². The SMILES string of the molecule is C[C@@H](Nc1nc(-c2c[nH]c3ncncc23)ncc1F)c1ccc(F)cc1.C[C@H](Nc1nc(-c2c[nH]c3ncncc23)ncc1F)c1ccc(F)cc1.O=C(NCC(F)(F)F)C1(Nc2nc(-c3c[nH]c4ncncc34)ncc2F)CCCCC1.O=C(NCC(F)(F)F)C1COCCN1c1cnc(-c2c[nH]c3ncncc23)nc1.O=C(NCC(F)(F)F)[C@@H]1CCCCN1c1ccnc(-c2c[nH]c3ncncc23)n1. The predicted molar refractivity (Wildman–Crippen MR) is 485 cm³/mol. The van der Waals surface area contributed by atoms with E-state index in [1.807, 2.05) is 29.8 Å². The number of H-pyrrole nitrogens is 5. The van der Waals surface area contributed by atoms with Gasteiger partial charge in [-0.3, -0.25) is 14.4 Å². The summed E-state index contributed by atoms with van der Waals surface area (Å²) in [5.41, 5.74) is 7.19. The number of ether oxygens (including phenoxy) is 1. The third kappa shape index (κ3) is 23.9. The van der Waals surface area contributed by atoms with Crippen molar-refractivity contribution in [2.75, 3.05) is 71.7 Å². The van der Waals surface area contributed by atoms with E-state index in [1.54, 1.807) is 108 Å². The number of carbonyl (C=O) groups is 3. The van der Waals surface area contributed by atoms with Crippen molar-refractivity contribution in [3.8, 4) is 56.9 Å². The van der Waals surface area contributed by atoms with Crippen LogP contribution in [0.3, 0.4) is 0 Å². The number of alkyl halides is 9. The second-order valence-electron chi connectivity index (χ2n) is 32.2. The lowest BCUT2D eigenvalue weighted by molar-refractivity contribution is -0.141. The molecule has 11 N–H and O–H groups in total. The Hall–Kier alpha value is -16.7. The fraction of sp³-hybridized carbons (Fsp3) is 0.278. The summed E-state index contributed by atoms with van der Waals surface area (Å²) in [6.07, 6.45) is 22.7. The molecule has 17 aromatic rings. The molecule has 1 saturated carbocycles. The lowest BCUT2D eigenvalue weighted by atomic mass is 9.80. The molecule has 3 amide bonds. The fourth-order valence-electron chi connectivity index (χ4n) is 15.7. The first-order chi connectivity index (χ1) is 67.8. The summed E-state index contributed by atoms with van der Waals surface area (Å²) in [5, 5.41) is 18.3. The van der Waals surface area contributed by atoms with Crippen molar-refractivity contribution < 1.29 is 80.6 Å². The number of hydrogen-bond donors (Lipinski definition) is 11. The average Bonchev–Trinajstić information content (AvgIpc) is 1.76. The van der Waals surface area contributed by atoms with Crippen LogP contribution in [0.4, 0.5) is 90.4 Å². The first-order valence-electron chi connectivity index (χ1n) is 43.4. The number of rotatable bonds is 21. The van der Waals surface area contributed by atoms with E-state index >= 15 is 0 Å². The average molecular weight is 1950 g/mol. The van der Waals surface area contributed by atoms with Crippen molar-refractivity contribution in [1.29, 1.82) is 0 Å². The largest absolute Gasteiger partial charge is 0.405 e. The molecule has 141 heavy (non-hydrogen) atoms. The molecule has 17 heterocycles. The van der Waals surface area contributed by atoms with Crippen molar-refractivity contribution >= 4 is 102 Å². The Morgan fingerprint density at radius 3 is 1.21 bits per heavy atom. The highest BCUT2D eigenvalue weighted by Crippen LogP contribution is 2.38. The number of aromatic nitrogens is 25. The summed E-state index contributed by atoms with van der Waals surface area (Å²) in [5.74, 6) is -2.75. The van der Waals surface area contributed by atoms with Crippen LogP contribution in [-0.4, -0.2) is 224 Å². The van der Waals surface area contributed by atoms with Gasteiger partial charge < -0.3 is 71.4 Å². The van der Waals surface area contributed by atoms with Crippen molar-refractivity contribution in [2.24, 2.45) is 0 Å². The van der Waals surface area contributed by atoms with Crippen LogP contribution in [0.5, 0.6) is 0 Å². The Bertz CT molecular complexity index is 7040. The minimum Gasteiger partial charge on any atom is -0.377 e. The van der Waals surface area contributed by atoms with Crippen molar-refractivity contribution in [1.82, 2.24) is 141 Å². The van der Waals surface area contributed by atoms with E-state index < -0.39 is 91.0 Å². The van der Waals surface area contributed by atoms with E-state index in [-0.39, 0.29) is 66.4 Å². The van der Waals surface area contributed by atoms with Crippen LogP contribution < -0.4 is 41.7 Å². The predicted octanol–water partition coefficient (Wildman–Crippen LogP) is 14.8. The van der Waals surface area contributed by atoms with E-state index in [9.17, 15) is 75.8 Å². The van der Waals surface area contributed by atoms with Crippen LogP contribution >= 0.6 is 0 Å². The zero-order valence-corrected chi connectivity index (χ0v) is 74.0. The molecular formula is C90H81F14N33O4. The zero-order valence-electron chi connectivity index (χ0n) is 74.0. The first kappa shape index (κ1) is 97.4. The molecule has 20 rings (SSSR count). The summed E-state index contributed by atoms with van der Waals surface area (Å²) < 4.78 is 187. The number of carbonyl (C=O) groups excluding carboxylic acids is 3. The van der Waals surface area contributed by atoms with E-state index in [4.69, 9.17) is 4.74 Å². The maximum absolute atomic E-state index is 14.6. The molecule has 0 spiro atoms. The number of aromatic amines is 5. The third-order valence-corrected chi connectivity index (χ3v) is 22.7. The quantitative estimate of drug-likeness (QED) is 0.0298. The summed E-state index contributed by atoms with van der Waals surface area (Å²) >= 11 is 0. The molecule has 1 unspecified atom stereocenters. The maximum Gasteiger partial charge on any atom is 0.405 e. The maximum atomic E-state index is 14.6. The number of hydrogen-bond acceptors (Lipinski definition) is 29. The van der Waals surface area contributed by atoms with Gasteiger partial charge in [0.15, 0.2) is 64.0 Å². The molecule has 0 radical (unpaired) electrons. The van der Waals surface area contributed by atoms with Gasteiger partial charge in [-0.1, -0.05) is 43.5 Å². The van der Waals surface area contributed by atoms with E-state index in [0.29, 0.717) is 135 Å². The first-order valence-corrected chi connectivity index (χ1v) is 43.4. The topological polar surface area (TPSA) is 476 Å². The molecule has 2 aromatic carbocycles. The number of piperidine rings is 1. The molecule has 37 nitrogen and oxygen atoms in total. The van der Waals surface area contributed by atoms with E-state index in [2.05, 4.69) is 141 Å². The molecule has 3 fully saturated rings. The smallest absolute Gasteiger partial charge is 0.377 e. The van der Waals surface area contributed by atoms with Gasteiger partial charge in [0.2, 0.25) is 17.7 Å². The Morgan fingerprint density at radius 2 is 0.787 bits per heavy atom. The molecule has 1 aliphatic carbocycles. The van der Waals surface area contributed by atoms with Gasteiger partial charge in [-0.15, -0.1) is 0 Å². The fourth-order valence-corrected chi connectivity index (χ4v) is 15.7. The Labute approximate surface area is 787 Å². The number of anilines is 5. The summed E-state index contributed by atoms with van der Waals surface area (Å²) in [6, 6.07) is 11.5. The lowest BCUT2D eigenvalue weighted by Crippen LogP contribution is -2.55. The van der Waals surface area contributed by atoms with Crippen LogP contribution in [0.1, 0.15) is 88.4 Å². The number of nitrogens with zero attached hydrogens (tertiary/aromatic N) is 22. The summed E-state index contributed by atoms with van der Waals surface area (Å²) in [7, 11) is 0. The molecule has 2 saturated heterocycles. The highest BCUT2D eigenvalue weighted by Gasteiger charge is 2.43. The van der Waals surface area contributed by atoms with Crippen molar-refractivity contribution in [3.63, 3.8) is 0 Å². The van der Waals surface area contributed by atoms with Crippen LogP contribution in [-0.2, 0) is 19.1 Å². The van der Waals surface area contributed by atoms with Gasteiger partial charge in [0.1, 0.15) is 115 Å². The Balaban J connectivity index is 0.000000127. The minimum absolute atomic E-state index is 0.0226. The standard InChI is InChI=1S/C19H19F4N7O.C18H18F3N7O.2C18H14F2N6.C17H16F3N7O2/c20-13-8-26-15(12-7-25-14-11(12)6-24-10-28-14)29-16(13)30-18(4-2-1-3-5-18)17(31)27-9-19(21,22)23;19-18(20,21)9-25-17(29)13-3-1-2-6-28(13)14-4-5-23-16(27-14)12-8-24-15-11(12)7-22-10-26-15;2*1-10(11-2-4-12(19)5-3-11)25-18-15(20)8-23-17(26-18)14-7-22-16-13(14)6-21-9-24-16;18-17(19,20)8-25-16(28)13-7-29-2-1-27(13)10-3-22-14(23-4-10)12-6-24-15-11(12)5-21-9-26-15/h6-8,10H,1-5,9H2,(H,27,31)(H,24,25,28)(H,26,29,30);4-5,7-8,10,13H,1-3,6,9H2,(H,25,29)(H,22,24,26);2*2-10H,1H3,(H,21,22,24)(H,23,25,26);3-6,9,13H,1-2,7-8H2,(H,25,28)(H,21,24,26)/t;13-;2*10-;/m.010./s1. The Kier molecular flexibility index (Phi) is 29.7. The monoisotopic (exact) mass is 1950 g/mol. The van der Waals surface area contributed by atoms with Gasteiger partial charge in [-0.05, 0) is 87.4 Å². The van der Waals surface area contributed by atoms with E-state index in [1.165, 1.54) is 68.3 Å². The minimum atomic E-state index is -4.55. The molecule has 728 valence electrons. The van der Waals surface area contributed by atoms with Gasteiger partial charge in [0.25, 0.3) is 0 Å². The third-order valence-electron chi connectivity index (χ3n) is 22.7. The zero-order chi connectivity index (χ0) is 99.1. The van der Waals surface area contributed by atoms with Gasteiger partial charge in [0, 0.05) is 136 Å². The summed E-state index contributed by atoms with van der Waals surface area (Å²) in [4.78, 5) is 139. The van der Waals surface area contributed by atoms with Gasteiger partial charge >= 0.3 is 18.5 Å². The highest BCUT2D eigenvalue weighted by molar-refractivity contribution is 5.96. The molecule has 3 aliphatic rings. The molecule has 51 heteroatoms. The molecule has 15 aromatic heterocycles. The van der Waals surface area contributed by atoms with Crippen LogP contribution in [0.25, 0.3) is 112 Å². The van der Waals surface area contributed by atoms with Gasteiger partial charge in [-0.25, -0.2) is 122 Å². The van der Waals surface area contributed by atoms with Gasteiger partial charge in [-0.2, -0.15) is 39.5 Å². The second-order valence-corrected chi connectivity index (χ2v) is 32.2. The normalized spacial score (nSPS) is 15.3. The molecule has 4 atom stereocenters. The number of halogens is 14. The van der Waals surface area contributed by atoms with Crippen LogP contribution in [0.15, 0.2) is 185 Å². The number of morpholine rings is 1. The lowest BCUT2D eigenvalue weighted by Gasteiger charge is -2.37. The van der Waals surface area contributed by atoms with Crippen molar-refractivity contribution in [3.05, 3.63) is 226 Å². The summed E-state index contributed by atoms with van der Waals surface area (Å²) in [6.45, 7) is 0.653. The molecule has 0 bridgehead atoms. The number of nitrogens with one attached hydrogen (secondary N) is 11. The Morgan fingerprint density at radius 1 is 0.411 bits per heavy atom. The second kappa shape index (κ2) is 42.9. The van der Waals surface area contributed by atoms with Crippen molar-refractivity contribution in [2.45, 2.75) is 113 Å². The molecule has 2 aliphatic heterocycles. The number of fused-ring (bicyclic) bond motifs is 5. The number of benzene rings is 2. The van der Waals surface area contributed by atoms with E-state index in [0.717, 1.165) is 70.5 Å². The molecular weight excluding hydrogens is 1870 g/mol. The van der Waals surface area contributed by atoms with Gasteiger partial charge in [0.05, 0.1) is 62.0 Å². The highest BCUT2D eigenvalue weighted by atomic mass is 19.4. The number of amides is 3. The van der Waals surface area contributed by atoms with Crippen LogP contribution in [0, 0.1) is 29.1 Å².